The largest absolute Gasteiger partial charge is 0.393 e. The van der Waals surface area contributed by atoms with Crippen molar-refractivity contribution in [2.24, 2.45) is 0 Å². The van der Waals surface area contributed by atoms with Crippen LogP contribution in [-0.4, -0.2) is 46.1 Å². The lowest BCUT2D eigenvalue weighted by Crippen LogP contribution is -2.35. The van der Waals surface area contributed by atoms with E-state index in [2.05, 4.69) is 11.8 Å². The number of hydrogen-bond donors (Lipinski definition) is 1. The van der Waals surface area contributed by atoms with E-state index >= 15 is 0 Å². The van der Waals surface area contributed by atoms with E-state index in [1.54, 1.807) is 0 Å². The molecule has 2 unspecified atom stereocenters. The number of nitrogens with zero attached hydrogens (tertiary/aromatic N) is 1. The van der Waals surface area contributed by atoms with Crippen molar-refractivity contribution in [3.63, 3.8) is 0 Å². The van der Waals surface area contributed by atoms with Crippen LogP contribution in [0.2, 0.25) is 0 Å². The first-order valence-corrected chi connectivity index (χ1v) is 9.25. The van der Waals surface area contributed by atoms with Gasteiger partial charge in [-0.3, -0.25) is 4.79 Å². The van der Waals surface area contributed by atoms with E-state index in [0.717, 1.165) is 50.9 Å². The summed E-state index contributed by atoms with van der Waals surface area (Å²) in [4.78, 5) is 14.4. The first-order chi connectivity index (χ1) is 9.63. The van der Waals surface area contributed by atoms with Crippen LogP contribution in [0.1, 0.15) is 65.2 Å². The van der Waals surface area contributed by atoms with Gasteiger partial charge >= 0.3 is 0 Å². The third-order valence-electron chi connectivity index (χ3n) is 3.90. The fourth-order valence-electron chi connectivity index (χ4n) is 2.75. The van der Waals surface area contributed by atoms with Crippen molar-refractivity contribution >= 4 is 17.7 Å². The number of rotatable bonds is 8. The predicted octanol–water partition coefficient (Wildman–Crippen LogP) is 3.45. The van der Waals surface area contributed by atoms with E-state index in [-0.39, 0.29) is 6.10 Å². The zero-order chi connectivity index (χ0) is 14.8. The molecule has 1 aliphatic rings. The standard InChI is InChI=1S/C16H31NO2S/c1-3-20-15-10-7-8-12-17(13-15)16(19)11-6-4-5-9-14(2)18/h14-15,18H,3-13H2,1-2H3. The van der Waals surface area contributed by atoms with Gasteiger partial charge in [-0.1, -0.05) is 26.2 Å². The average molecular weight is 301 g/mol. The lowest BCUT2D eigenvalue weighted by atomic mass is 10.1. The minimum atomic E-state index is -0.205. The van der Waals surface area contributed by atoms with Crippen molar-refractivity contribution < 1.29 is 9.90 Å². The number of hydrogen-bond acceptors (Lipinski definition) is 3. The molecule has 4 heteroatoms. The van der Waals surface area contributed by atoms with Crippen LogP contribution in [0.3, 0.4) is 0 Å². The van der Waals surface area contributed by atoms with Gasteiger partial charge in [0.15, 0.2) is 0 Å². The fraction of sp³-hybridized carbons (Fsp3) is 0.938. The van der Waals surface area contributed by atoms with Gasteiger partial charge in [-0.25, -0.2) is 0 Å². The maximum absolute atomic E-state index is 12.3. The Hall–Kier alpha value is -0.220. The summed E-state index contributed by atoms with van der Waals surface area (Å²) in [6, 6.07) is 0. The number of unbranched alkanes of at least 4 members (excludes halogenated alkanes) is 2. The number of thioether (sulfide) groups is 1. The van der Waals surface area contributed by atoms with Gasteiger partial charge in [0.05, 0.1) is 6.10 Å². The van der Waals surface area contributed by atoms with Gasteiger partial charge in [-0.2, -0.15) is 11.8 Å². The quantitative estimate of drug-likeness (QED) is 0.698. The fourth-order valence-corrected chi connectivity index (χ4v) is 3.84. The number of amides is 1. The number of carbonyl (C=O) groups excluding carboxylic acids is 1. The summed E-state index contributed by atoms with van der Waals surface area (Å²) in [6.45, 7) is 5.93. The molecule has 0 aromatic heterocycles. The Bertz CT molecular complexity index is 271. The number of carbonyl (C=O) groups is 1. The maximum atomic E-state index is 12.3. The highest BCUT2D eigenvalue weighted by atomic mass is 32.2. The van der Waals surface area contributed by atoms with Gasteiger partial charge in [0.1, 0.15) is 0 Å². The Kier molecular flexibility index (Phi) is 9.36. The van der Waals surface area contributed by atoms with E-state index in [9.17, 15) is 9.90 Å². The summed E-state index contributed by atoms with van der Waals surface area (Å²) in [5.41, 5.74) is 0. The molecule has 0 spiro atoms. The van der Waals surface area contributed by atoms with Crippen molar-refractivity contribution in [2.75, 3.05) is 18.8 Å². The second-order valence-electron chi connectivity index (χ2n) is 5.86. The lowest BCUT2D eigenvalue weighted by molar-refractivity contribution is -0.131. The van der Waals surface area contributed by atoms with Crippen LogP contribution < -0.4 is 0 Å². The Labute approximate surface area is 128 Å². The van der Waals surface area contributed by atoms with E-state index in [1.165, 1.54) is 12.8 Å². The molecule has 0 bridgehead atoms. The van der Waals surface area contributed by atoms with E-state index in [1.807, 2.05) is 18.7 Å². The highest BCUT2D eigenvalue weighted by Crippen LogP contribution is 2.22. The summed E-state index contributed by atoms with van der Waals surface area (Å²) < 4.78 is 0. The predicted molar refractivity (Wildman–Crippen MR) is 87.1 cm³/mol. The molecule has 0 aliphatic carbocycles. The van der Waals surface area contributed by atoms with Crippen molar-refractivity contribution in [3.8, 4) is 0 Å². The van der Waals surface area contributed by atoms with Gasteiger partial charge in [-0.15, -0.1) is 0 Å². The molecule has 0 aromatic rings. The molecule has 1 amide bonds. The topological polar surface area (TPSA) is 40.5 Å². The zero-order valence-electron chi connectivity index (χ0n) is 13.1. The van der Waals surface area contributed by atoms with Gasteiger partial charge in [0, 0.05) is 24.8 Å². The summed E-state index contributed by atoms with van der Waals surface area (Å²) in [6.07, 6.45) is 8.06. The molecule has 118 valence electrons. The second-order valence-corrected chi connectivity index (χ2v) is 7.44. The minimum Gasteiger partial charge on any atom is -0.393 e. The molecule has 2 atom stereocenters. The van der Waals surface area contributed by atoms with Crippen molar-refractivity contribution in [2.45, 2.75) is 76.6 Å². The van der Waals surface area contributed by atoms with Crippen LogP contribution in [0.15, 0.2) is 0 Å². The highest BCUT2D eigenvalue weighted by molar-refractivity contribution is 7.99. The van der Waals surface area contributed by atoms with E-state index in [0.29, 0.717) is 17.6 Å². The molecule has 1 fully saturated rings. The Morgan fingerprint density at radius 1 is 1.35 bits per heavy atom. The molecule has 1 saturated heterocycles. The highest BCUT2D eigenvalue weighted by Gasteiger charge is 2.21. The zero-order valence-corrected chi connectivity index (χ0v) is 14.0. The summed E-state index contributed by atoms with van der Waals surface area (Å²) in [7, 11) is 0. The van der Waals surface area contributed by atoms with Crippen molar-refractivity contribution in [3.05, 3.63) is 0 Å². The van der Waals surface area contributed by atoms with Gasteiger partial charge in [0.25, 0.3) is 0 Å². The second kappa shape index (κ2) is 10.5. The molecule has 0 radical (unpaired) electrons. The minimum absolute atomic E-state index is 0.205. The number of aliphatic hydroxyl groups is 1. The van der Waals surface area contributed by atoms with Crippen LogP contribution in [-0.2, 0) is 4.79 Å². The lowest BCUT2D eigenvalue weighted by Gasteiger charge is -2.24. The van der Waals surface area contributed by atoms with Crippen LogP contribution in [0, 0.1) is 0 Å². The summed E-state index contributed by atoms with van der Waals surface area (Å²) in [5, 5.41) is 9.84. The van der Waals surface area contributed by atoms with Crippen molar-refractivity contribution in [1.29, 1.82) is 0 Å². The molecule has 20 heavy (non-hydrogen) atoms. The first-order valence-electron chi connectivity index (χ1n) is 8.21. The SMILES string of the molecule is CCSC1CCCCN(C(=O)CCCCCC(C)O)C1. The average Bonchev–Trinajstić information content (AvgIpc) is 2.64. The smallest absolute Gasteiger partial charge is 0.222 e. The molecule has 1 aliphatic heterocycles. The van der Waals surface area contributed by atoms with Gasteiger partial charge in [0.2, 0.25) is 5.91 Å². The molecule has 1 rings (SSSR count). The van der Waals surface area contributed by atoms with Gasteiger partial charge < -0.3 is 10.0 Å². The van der Waals surface area contributed by atoms with E-state index in [4.69, 9.17) is 0 Å². The van der Waals surface area contributed by atoms with E-state index < -0.39 is 0 Å². The van der Waals surface area contributed by atoms with Gasteiger partial charge in [-0.05, 0) is 38.4 Å². The molecule has 1 N–H and O–H groups in total. The Balaban J connectivity index is 2.23. The molecule has 3 nitrogen and oxygen atoms in total. The molecule has 1 heterocycles. The van der Waals surface area contributed by atoms with Crippen LogP contribution in [0.5, 0.6) is 0 Å². The summed E-state index contributed by atoms with van der Waals surface area (Å²) >= 11 is 2.00. The molecular formula is C16H31NO2S. The van der Waals surface area contributed by atoms with Crippen LogP contribution in [0.25, 0.3) is 0 Å². The molecular weight excluding hydrogens is 270 g/mol. The first kappa shape index (κ1) is 17.8. The third-order valence-corrected chi connectivity index (χ3v) is 5.09. The van der Waals surface area contributed by atoms with Crippen molar-refractivity contribution in [1.82, 2.24) is 4.90 Å². The Morgan fingerprint density at radius 3 is 2.85 bits per heavy atom. The third kappa shape index (κ3) is 7.53. The number of likely N-dealkylation sites (tertiary alicyclic amines) is 1. The van der Waals surface area contributed by atoms with Crippen LogP contribution >= 0.6 is 11.8 Å². The summed E-state index contributed by atoms with van der Waals surface area (Å²) in [5.74, 6) is 1.48. The maximum Gasteiger partial charge on any atom is 0.222 e. The molecule has 0 saturated carbocycles. The van der Waals surface area contributed by atoms with Crippen LogP contribution in [0.4, 0.5) is 0 Å². The molecule has 0 aromatic carbocycles. The normalized spacial score (nSPS) is 21.6. The monoisotopic (exact) mass is 301 g/mol. The number of aliphatic hydroxyl groups excluding tert-OH is 1. The Morgan fingerprint density at radius 2 is 2.15 bits per heavy atom.